The van der Waals surface area contributed by atoms with E-state index in [0.717, 1.165) is 0 Å². The number of carbonyl (C=O) groups is 1. The fourth-order valence-electron chi connectivity index (χ4n) is 1.20. The maximum atomic E-state index is 11.5. The second kappa shape index (κ2) is 4.91. The molecular weight excluding hydrogens is 240 g/mol. The van der Waals surface area contributed by atoms with Gasteiger partial charge in [0.2, 0.25) is 5.95 Å². The first-order valence-corrected chi connectivity index (χ1v) is 4.83. The predicted molar refractivity (Wildman–Crippen MR) is 62.1 cm³/mol. The van der Waals surface area contributed by atoms with Crippen LogP contribution in [-0.4, -0.2) is 26.1 Å². The molecule has 1 aromatic heterocycles. The van der Waals surface area contributed by atoms with Gasteiger partial charge >= 0.3 is 6.03 Å². The van der Waals surface area contributed by atoms with Crippen LogP contribution in [0.2, 0.25) is 0 Å². The van der Waals surface area contributed by atoms with Crippen LogP contribution in [0.3, 0.4) is 0 Å². The SMILES string of the molecule is O=C(Nc1ccc([N+](=O)[O-])cc1)Nc1ncn[nH]1. The van der Waals surface area contributed by atoms with Crippen LogP contribution in [0.5, 0.6) is 0 Å². The summed E-state index contributed by atoms with van der Waals surface area (Å²) in [6.07, 6.45) is 1.25. The van der Waals surface area contributed by atoms with Gasteiger partial charge in [0.05, 0.1) is 4.92 Å². The molecule has 0 spiro atoms. The van der Waals surface area contributed by atoms with Crippen molar-refractivity contribution in [1.82, 2.24) is 15.2 Å². The molecule has 1 heterocycles. The number of non-ortho nitro benzene ring substituents is 1. The van der Waals surface area contributed by atoms with Crippen LogP contribution < -0.4 is 10.6 Å². The minimum Gasteiger partial charge on any atom is -0.308 e. The fraction of sp³-hybridized carbons (Fsp3) is 0. The topological polar surface area (TPSA) is 126 Å². The van der Waals surface area contributed by atoms with Crippen LogP contribution in [0.4, 0.5) is 22.1 Å². The molecule has 2 aromatic rings. The quantitative estimate of drug-likeness (QED) is 0.558. The Hall–Kier alpha value is -2.97. The van der Waals surface area contributed by atoms with Gasteiger partial charge in [-0.3, -0.25) is 15.4 Å². The highest BCUT2D eigenvalue weighted by Crippen LogP contribution is 2.15. The number of urea groups is 1. The molecule has 0 aliphatic rings. The van der Waals surface area contributed by atoms with Crippen molar-refractivity contribution >= 4 is 23.4 Å². The molecule has 0 saturated heterocycles. The van der Waals surface area contributed by atoms with Crippen LogP contribution >= 0.6 is 0 Å². The number of aromatic nitrogens is 3. The smallest absolute Gasteiger partial charge is 0.308 e. The molecule has 0 saturated carbocycles. The lowest BCUT2D eigenvalue weighted by Gasteiger charge is -2.04. The molecule has 1 aromatic carbocycles. The van der Waals surface area contributed by atoms with Gasteiger partial charge in [-0.15, -0.1) is 0 Å². The van der Waals surface area contributed by atoms with Gasteiger partial charge in [0, 0.05) is 17.8 Å². The van der Waals surface area contributed by atoms with Crippen molar-refractivity contribution in [2.45, 2.75) is 0 Å². The monoisotopic (exact) mass is 248 g/mol. The number of rotatable bonds is 3. The predicted octanol–water partition coefficient (Wildman–Crippen LogP) is 1.36. The molecular formula is C9H8N6O3. The summed E-state index contributed by atoms with van der Waals surface area (Å²) in [4.78, 5) is 25.1. The van der Waals surface area contributed by atoms with Crippen LogP contribution in [0.25, 0.3) is 0 Å². The van der Waals surface area contributed by atoms with Gasteiger partial charge in [0.1, 0.15) is 6.33 Å². The number of nitrogens with one attached hydrogen (secondary N) is 3. The van der Waals surface area contributed by atoms with Crippen molar-refractivity contribution < 1.29 is 9.72 Å². The number of hydrogen-bond donors (Lipinski definition) is 3. The average Bonchev–Trinajstić information content (AvgIpc) is 2.82. The highest BCUT2D eigenvalue weighted by molar-refractivity contribution is 5.98. The number of nitrogens with zero attached hydrogens (tertiary/aromatic N) is 3. The van der Waals surface area contributed by atoms with E-state index in [2.05, 4.69) is 25.8 Å². The Labute approximate surface area is 100 Å². The number of nitro groups is 1. The Bertz CT molecular complexity index is 550. The van der Waals surface area contributed by atoms with E-state index in [0.29, 0.717) is 5.69 Å². The molecule has 92 valence electrons. The number of carbonyl (C=O) groups excluding carboxylic acids is 1. The molecule has 0 fully saturated rings. The Morgan fingerprint density at radius 3 is 2.56 bits per heavy atom. The molecule has 3 N–H and O–H groups in total. The van der Waals surface area contributed by atoms with E-state index in [9.17, 15) is 14.9 Å². The second-order valence-electron chi connectivity index (χ2n) is 3.22. The zero-order chi connectivity index (χ0) is 13.0. The largest absolute Gasteiger partial charge is 0.326 e. The lowest BCUT2D eigenvalue weighted by Crippen LogP contribution is -2.20. The minimum absolute atomic E-state index is 0.0452. The minimum atomic E-state index is -0.527. The second-order valence-corrected chi connectivity index (χ2v) is 3.22. The normalized spacial score (nSPS) is 9.78. The lowest BCUT2D eigenvalue weighted by molar-refractivity contribution is -0.384. The molecule has 0 aliphatic heterocycles. The average molecular weight is 248 g/mol. The molecule has 0 unspecified atom stereocenters. The number of H-pyrrole nitrogens is 1. The standard InChI is InChI=1S/C9H8N6O3/c16-9(13-8-10-5-11-14-8)12-6-1-3-7(4-2-6)15(17)18/h1-5H,(H3,10,11,12,13,14,16). The zero-order valence-corrected chi connectivity index (χ0v) is 8.95. The maximum absolute atomic E-state index is 11.5. The van der Waals surface area contributed by atoms with Gasteiger partial charge in [-0.1, -0.05) is 0 Å². The summed E-state index contributed by atoms with van der Waals surface area (Å²) in [7, 11) is 0. The first kappa shape index (κ1) is 11.5. The van der Waals surface area contributed by atoms with Gasteiger partial charge in [-0.2, -0.15) is 10.1 Å². The van der Waals surface area contributed by atoms with Crippen LogP contribution in [0.1, 0.15) is 0 Å². The van der Waals surface area contributed by atoms with Crippen LogP contribution in [0, 0.1) is 10.1 Å². The summed E-state index contributed by atoms with van der Waals surface area (Å²) in [5.41, 5.74) is 0.383. The third-order valence-electron chi connectivity index (χ3n) is 1.98. The summed E-state index contributed by atoms with van der Waals surface area (Å²) < 4.78 is 0. The number of anilines is 2. The molecule has 0 atom stereocenters. The van der Waals surface area contributed by atoms with Crippen LogP contribution in [0.15, 0.2) is 30.6 Å². The number of aromatic amines is 1. The number of amides is 2. The van der Waals surface area contributed by atoms with E-state index >= 15 is 0 Å². The van der Waals surface area contributed by atoms with E-state index in [4.69, 9.17) is 0 Å². The van der Waals surface area contributed by atoms with Gasteiger partial charge < -0.3 is 5.32 Å². The van der Waals surface area contributed by atoms with Crippen molar-refractivity contribution in [3.8, 4) is 0 Å². The third kappa shape index (κ3) is 2.78. The van der Waals surface area contributed by atoms with Crippen molar-refractivity contribution in [1.29, 1.82) is 0 Å². The van der Waals surface area contributed by atoms with Crippen LogP contribution in [-0.2, 0) is 0 Å². The summed E-state index contributed by atoms with van der Waals surface area (Å²) in [5.74, 6) is 0.203. The van der Waals surface area contributed by atoms with Crippen molar-refractivity contribution in [3.63, 3.8) is 0 Å². The number of benzene rings is 1. The molecule has 18 heavy (non-hydrogen) atoms. The fourth-order valence-corrected chi connectivity index (χ4v) is 1.20. The summed E-state index contributed by atoms with van der Waals surface area (Å²) in [6.45, 7) is 0. The van der Waals surface area contributed by atoms with Gasteiger partial charge in [-0.05, 0) is 12.1 Å². The Kier molecular flexibility index (Phi) is 3.14. The first-order valence-electron chi connectivity index (χ1n) is 4.83. The lowest BCUT2D eigenvalue weighted by atomic mass is 10.3. The van der Waals surface area contributed by atoms with E-state index in [1.807, 2.05) is 0 Å². The van der Waals surface area contributed by atoms with E-state index < -0.39 is 11.0 Å². The third-order valence-corrected chi connectivity index (χ3v) is 1.98. The van der Waals surface area contributed by atoms with Gasteiger partial charge in [0.25, 0.3) is 5.69 Å². The molecule has 2 rings (SSSR count). The van der Waals surface area contributed by atoms with E-state index in [1.165, 1.54) is 30.6 Å². The molecule has 2 amide bonds. The Morgan fingerprint density at radius 2 is 2.00 bits per heavy atom. The first-order chi connectivity index (χ1) is 8.65. The van der Waals surface area contributed by atoms with Gasteiger partial charge in [-0.25, -0.2) is 9.89 Å². The number of hydrogen-bond acceptors (Lipinski definition) is 5. The summed E-state index contributed by atoms with van der Waals surface area (Å²) >= 11 is 0. The summed E-state index contributed by atoms with van der Waals surface area (Å²) in [6, 6.07) is 4.92. The summed E-state index contributed by atoms with van der Waals surface area (Å²) in [5, 5.41) is 21.3. The number of nitro benzene ring substituents is 1. The molecule has 9 heteroatoms. The Balaban J connectivity index is 1.97. The molecule has 9 nitrogen and oxygen atoms in total. The zero-order valence-electron chi connectivity index (χ0n) is 8.95. The molecule has 0 bridgehead atoms. The van der Waals surface area contributed by atoms with E-state index in [1.54, 1.807) is 0 Å². The molecule has 0 aliphatic carbocycles. The van der Waals surface area contributed by atoms with Gasteiger partial charge in [0.15, 0.2) is 0 Å². The highest BCUT2D eigenvalue weighted by Gasteiger charge is 2.07. The van der Waals surface area contributed by atoms with Crippen molar-refractivity contribution in [2.75, 3.05) is 10.6 Å². The van der Waals surface area contributed by atoms with Crippen molar-refractivity contribution in [2.24, 2.45) is 0 Å². The Morgan fingerprint density at radius 1 is 1.28 bits per heavy atom. The van der Waals surface area contributed by atoms with Crippen molar-refractivity contribution in [3.05, 3.63) is 40.7 Å². The highest BCUT2D eigenvalue weighted by atomic mass is 16.6. The van der Waals surface area contributed by atoms with E-state index in [-0.39, 0.29) is 11.6 Å². The maximum Gasteiger partial charge on any atom is 0.326 e. The molecule has 0 radical (unpaired) electrons.